The first-order chi connectivity index (χ1) is 7.09. The van der Waals surface area contributed by atoms with Gasteiger partial charge in [0.05, 0.1) is 0 Å². The molecule has 15 heavy (non-hydrogen) atoms. The van der Waals surface area contributed by atoms with Crippen LogP contribution in [0.2, 0.25) is 0 Å². The first kappa shape index (κ1) is 11.9. The van der Waals surface area contributed by atoms with Crippen molar-refractivity contribution in [1.82, 2.24) is 10.6 Å². The summed E-state index contributed by atoms with van der Waals surface area (Å²) in [5.74, 6) is -1.19. The van der Waals surface area contributed by atoms with Gasteiger partial charge >= 0.3 is 5.97 Å². The van der Waals surface area contributed by atoms with Crippen LogP contribution in [0.25, 0.3) is 0 Å². The molecule has 0 unspecified atom stereocenters. The van der Waals surface area contributed by atoms with E-state index in [0.717, 1.165) is 19.5 Å². The molecule has 5 N–H and O–H groups in total. The Morgan fingerprint density at radius 1 is 1.60 bits per heavy atom. The van der Waals surface area contributed by atoms with Gasteiger partial charge in [0.15, 0.2) is 0 Å². The third-order valence-electron chi connectivity index (χ3n) is 2.43. The minimum atomic E-state index is -1.06. The van der Waals surface area contributed by atoms with Crippen LogP contribution in [0.15, 0.2) is 0 Å². The van der Waals surface area contributed by atoms with Crippen LogP contribution in [-0.4, -0.2) is 42.2 Å². The second kappa shape index (κ2) is 5.67. The van der Waals surface area contributed by atoms with Gasteiger partial charge in [0.1, 0.15) is 6.04 Å². The number of nitrogens with one attached hydrogen (secondary N) is 2. The third kappa shape index (κ3) is 4.26. The Balaban J connectivity index is 2.15. The number of carbonyl (C=O) groups excluding carboxylic acids is 1. The monoisotopic (exact) mass is 215 g/mol. The molecule has 1 fully saturated rings. The lowest BCUT2D eigenvalue weighted by atomic mass is 10.1. The Kier molecular flexibility index (Phi) is 4.51. The van der Waals surface area contributed by atoms with Gasteiger partial charge in [-0.3, -0.25) is 9.59 Å². The maximum atomic E-state index is 11.3. The molecule has 0 aliphatic carbocycles. The summed E-state index contributed by atoms with van der Waals surface area (Å²) in [6.45, 7) is 1.70. The van der Waals surface area contributed by atoms with E-state index in [1.54, 1.807) is 0 Å². The summed E-state index contributed by atoms with van der Waals surface area (Å²) < 4.78 is 0. The number of rotatable bonds is 5. The van der Waals surface area contributed by atoms with Crippen molar-refractivity contribution in [3.63, 3.8) is 0 Å². The van der Waals surface area contributed by atoms with Crippen molar-refractivity contribution in [3.8, 4) is 0 Å². The zero-order valence-corrected chi connectivity index (χ0v) is 8.53. The topological polar surface area (TPSA) is 104 Å². The number of amides is 1. The average Bonchev–Trinajstić information content (AvgIpc) is 2.66. The van der Waals surface area contributed by atoms with Crippen LogP contribution in [0.5, 0.6) is 0 Å². The molecule has 0 aromatic heterocycles. The molecule has 1 aliphatic heterocycles. The third-order valence-corrected chi connectivity index (χ3v) is 2.43. The number of carboxylic acids is 1. The summed E-state index contributed by atoms with van der Waals surface area (Å²) in [5, 5.41) is 14.5. The summed E-state index contributed by atoms with van der Waals surface area (Å²) in [4.78, 5) is 21.7. The van der Waals surface area contributed by atoms with Crippen LogP contribution in [0.1, 0.15) is 19.3 Å². The highest BCUT2D eigenvalue weighted by molar-refractivity contribution is 5.78. The number of carbonyl (C=O) groups is 2. The molecule has 1 saturated heterocycles. The number of nitrogens with two attached hydrogens (primary N) is 1. The predicted octanol–water partition coefficient (Wildman–Crippen LogP) is -1.34. The smallest absolute Gasteiger partial charge is 0.320 e. The van der Waals surface area contributed by atoms with Crippen LogP contribution in [0.3, 0.4) is 0 Å². The van der Waals surface area contributed by atoms with Gasteiger partial charge in [-0.05, 0) is 19.4 Å². The van der Waals surface area contributed by atoms with Gasteiger partial charge in [0.25, 0.3) is 0 Å². The van der Waals surface area contributed by atoms with E-state index in [1.165, 1.54) is 0 Å². The lowest BCUT2D eigenvalue weighted by Gasteiger charge is -2.11. The van der Waals surface area contributed by atoms with Gasteiger partial charge in [-0.2, -0.15) is 0 Å². The fourth-order valence-corrected chi connectivity index (χ4v) is 1.49. The first-order valence-corrected chi connectivity index (χ1v) is 5.08. The molecule has 1 heterocycles. The predicted molar refractivity (Wildman–Crippen MR) is 54.3 cm³/mol. The standard InChI is InChI=1S/C9H17N3O3/c10-7(9(14)15)1-2-8(13)12-6-3-4-11-5-6/h6-7,11H,1-5,10H2,(H,12,13)(H,14,15)/t6-,7-/m0/s1. The first-order valence-electron chi connectivity index (χ1n) is 5.08. The molecule has 0 bridgehead atoms. The Morgan fingerprint density at radius 3 is 2.87 bits per heavy atom. The molecule has 86 valence electrons. The van der Waals surface area contributed by atoms with Gasteiger partial charge in [-0.15, -0.1) is 0 Å². The molecule has 2 atom stereocenters. The van der Waals surface area contributed by atoms with Crippen molar-refractivity contribution >= 4 is 11.9 Å². The van der Waals surface area contributed by atoms with Crippen LogP contribution < -0.4 is 16.4 Å². The van der Waals surface area contributed by atoms with Crippen molar-refractivity contribution in [2.24, 2.45) is 5.73 Å². The molecule has 6 heteroatoms. The summed E-state index contributed by atoms with van der Waals surface area (Å²) in [5.41, 5.74) is 5.28. The van der Waals surface area contributed by atoms with E-state index in [1.807, 2.05) is 0 Å². The Labute approximate surface area is 88.2 Å². The number of aliphatic carboxylic acids is 1. The quantitative estimate of drug-likeness (QED) is 0.454. The normalized spacial score (nSPS) is 22.3. The Bertz CT molecular complexity index is 239. The molecular formula is C9H17N3O3. The van der Waals surface area contributed by atoms with E-state index >= 15 is 0 Å². The highest BCUT2D eigenvalue weighted by Crippen LogP contribution is 2.00. The SMILES string of the molecule is N[C@@H](CCC(=O)N[C@H]1CCNC1)C(=O)O. The molecule has 0 saturated carbocycles. The van der Waals surface area contributed by atoms with Gasteiger partial charge in [0, 0.05) is 19.0 Å². The summed E-state index contributed by atoms with van der Waals surface area (Å²) >= 11 is 0. The van der Waals surface area contributed by atoms with E-state index in [2.05, 4.69) is 10.6 Å². The fraction of sp³-hybridized carbons (Fsp3) is 0.778. The van der Waals surface area contributed by atoms with Crippen LogP contribution >= 0.6 is 0 Å². The maximum absolute atomic E-state index is 11.3. The molecule has 0 aromatic rings. The van der Waals surface area contributed by atoms with Gasteiger partial charge in [-0.25, -0.2) is 0 Å². The number of carboxylic acid groups (broad SMARTS) is 1. The lowest BCUT2D eigenvalue weighted by molar-refractivity contribution is -0.138. The molecule has 1 aliphatic rings. The van der Waals surface area contributed by atoms with E-state index in [9.17, 15) is 9.59 Å². The molecular weight excluding hydrogens is 198 g/mol. The van der Waals surface area contributed by atoms with Crippen molar-refractivity contribution < 1.29 is 14.7 Å². The summed E-state index contributed by atoms with van der Waals surface area (Å²) in [6.07, 6.45) is 1.28. The van der Waals surface area contributed by atoms with E-state index in [-0.39, 0.29) is 24.8 Å². The van der Waals surface area contributed by atoms with Crippen molar-refractivity contribution in [2.45, 2.75) is 31.3 Å². The maximum Gasteiger partial charge on any atom is 0.320 e. The molecule has 1 amide bonds. The second-order valence-corrected chi connectivity index (χ2v) is 3.74. The summed E-state index contributed by atoms with van der Waals surface area (Å²) in [7, 11) is 0. The van der Waals surface area contributed by atoms with E-state index in [4.69, 9.17) is 10.8 Å². The molecule has 1 rings (SSSR count). The van der Waals surface area contributed by atoms with Crippen LogP contribution in [-0.2, 0) is 9.59 Å². The minimum absolute atomic E-state index is 0.125. The Morgan fingerprint density at radius 2 is 2.33 bits per heavy atom. The molecule has 0 radical (unpaired) electrons. The van der Waals surface area contributed by atoms with Crippen molar-refractivity contribution in [2.75, 3.05) is 13.1 Å². The second-order valence-electron chi connectivity index (χ2n) is 3.74. The van der Waals surface area contributed by atoms with Crippen LogP contribution in [0.4, 0.5) is 0 Å². The van der Waals surface area contributed by atoms with E-state index in [0.29, 0.717) is 0 Å². The lowest BCUT2D eigenvalue weighted by Crippen LogP contribution is -2.38. The van der Waals surface area contributed by atoms with Crippen LogP contribution in [0, 0.1) is 0 Å². The van der Waals surface area contributed by atoms with Gasteiger partial charge in [0.2, 0.25) is 5.91 Å². The fourth-order valence-electron chi connectivity index (χ4n) is 1.49. The molecule has 0 aromatic carbocycles. The highest BCUT2D eigenvalue weighted by Gasteiger charge is 2.18. The minimum Gasteiger partial charge on any atom is -0.480 e. The van der Waals surface area contributed by atoms with E-state index < -0.39 is 12.0 Å². The number of hydrogen-bond acceptors (Lipinski definition) is 4. The van der Waals surface area contributed by atoms with Gasteiger partial charge in [-0.1, -0.05) is 0 Å². The molecule has 0 spiro atoms. The zero-order chi connectivity index (χ0) is 11.3. The number of hydrogen-bond donors (Lipinski definition) is 4. The molecule has 6 nitrogen and oxygen atoms in total. The Hall–Kier alpha value is -1.14. The summed E-state index contributed by atoms with van der Waals surface area (Å²) in [6, 6.07) is -0.768. The van der Waals surface area contributed by atoms with Crippen molar-refractivity contribution in [1.29, 1.82) is 0 Å². The van der Waals surface area contributed by atoms with Gasteiger partial charge < -0.3 is 21.5 Å². The average molecular weight is 215 g/mol. The van der Waals surface area contributed by atoms with Crippen molar-refractivity contribution in [3.05, 3.63) is 0 Å². The zero-order valence-electron chi connectivity index (χ0n) is 8.53. The highest BCUT2D eigenvalue weighted by atomic mass is 16.4. The largest absolute Gasteiger partial charge is 0.480 e.